The van der Waals surface area contributed by atoms with Crippen molar-refractivity contribution in [3.8, 4) is 0 Å². The van der Waals surface area contributed by atoms with Crippen molar-refractivity contribution in [1.82, 2.24) is 0 Å². The number of aryl methyl sites for hydroxylation is 3. The van der Waals surface area contributed by atoms with Crippen LogP contribution in [0.15, 0.2) is 103 Å². The molecule has 1 unspecified atom stereocenters. The molecule has 33 heavy (non-hydrogen) atoms. The highest BCUT2D eigenvalue weighted by Crippen LogP contribution is 2.32. The smallest absolute Gasteiger partial charge is 0.174 e. The van der Waals surface area contributed by atoms with E-state index in [1.54, 1.807) is 24.3 Å². The lowest BCUT2D eigenvalue weighted by Gasteiger charge is -2.17. The van der Waals surface area contributed by atoms with Gasteiger partial charge in [-0.1, -0.05) is 107 Å². The highest BCUT2D eigenvalue weighted by Gasteiger charge is 2.22. The van der Waals surface area contributed by atoms with E-state index >= 15 is 0 Å². The number of ketones is 1. The van der Waals surface area contributed by atoms with Crippen LogP contribution >= 0.6 is 11.6 Å². The zero-order valence-electron chi connectivity index (χ0n) is 19.2. The average molecular weight is 451 g/mol. The Morgan fingerprint density at radius 2 is 1.00 bits per heavy atom. The Kier molecular flexibility index (Phi) is 6.91. The summed E-state index contributed by atoms with van der Waals surface area (Å²) in [5.74, 6) is -0.378. The van der Waals surface area contributed by atoms with E-state index in [4.69, 9.17) is 11.6 Å². The van der Waals surface area contributed by atoms with Crippen LogP contribution in [0.4, 0.5) is 0 Å². The van der Waals surface area contributed by atoms with E-state index < -0.39 is 5.92 Å². The molecule has 0 aliphatic heterocycles. The summed E-state index contributed by atoms with van der Waals surface area (Å²) < 4.78 is 0. The van der Waals surface area contributed by atoms with Crippen molar-refractivity contribution in [1.29, 1.82) is 0 Å². The van der Waals surface area contributed by atoms with E-state index in [1.807, 2.05) is 12.1 Å². The molecule has 1 atom stereocenters. The number of benzene rings is 4. The lowest BCUT2D eigenvalue weighted by molar-refractivity contribution is 0.0976. The SMILES string of the molecule is Cc1ccc(C(=CC(C(=O)c2ccc(Cl)cc2)c2ccc(C)cc2)c2ccc(C)cc2)cc1. The fourth-order valence-corrected chi connectivity index (χ4v) is 4.01. The number of carbonyl (C=O) groups is 1. The van der Waals surface area contributed by atoms with Crippen LogP contribution < -0.4 is 0 Å². The fraction of sp³-hybridized carbons (Fsp3) is 0.129. The van der Waals surface area contributed by atoms with E-state index in [0.717, 1.165) is 27.8 Å². The molecule has 0 aliphatic rings. The highest BCUT2D eigenvalue weighted by molar-refractivity contribution is 6.30. The first-order chi connectivity index (χ1) is 15.9. The molecular formula is C31H27ClO. The van der Waals surface area contributed by atoms with Crippen molar-refractivity contribution in [2.45, 2.75) is 26.7 Å². The van der Waals surface area contributed by atoms with Gasteiger partial charge in [0.15, 0.2) is 5.78 Å². The molecule has 0 aromatic heterocycles. The molecule has 0 heterocycles. The number of Topliss-reactive ketones (excluding diaryl/α,β-unsaturated/α-hetero) is 1. The van der Waals surface area contributed by atoms with E-state index in [9.17, 15) is 4.79 Å². The summed E-state index contributed by atoms with van der Waals surface area (Å²) in [5, 5.41) is 0.619. The fourth-order valence-electron chi connectivity index (χ4n) is 3.88. The standard InChI is InChI=1S/C31H27ClO/c1-21-4-10-24(11-5-21)29(25-12-6-22(2)7-13-25)20-30(26-14-8-23(3)9-15-26)31(33)27-16-18-28(32)19-17-27/h4-20,30H,1-3H3. The second-order valence-corrected chi connectivity index (χ2v) is 9.01. The molecule has 0 bridgehead atoms. The molecule has 4 aromatic rings. The van der Waals surface area contributed by atoms with Gasteiger partial charge in [-0.25, -0.2) is 0 Å². The maximum absolute atomic E-state index is 13.8. The van der Waals surface area contributed by atoms with Crippen molar-refractivity contribution in [3.05, 3.63) is 147 Å². The molecular weight excluding hydrogens is 424 g/mol. The maximum Gasteiger partial charge on any atom is 0.174 e. The van der Waals surface area contributed by atoms with Gasteiger partial charge >= 0.3 is 0 Å². The summed E-state index contributed by atoms with van der Waals surface area (Å²) in [5.41, 5.74) is 8.41. The molecule has 4 aromatic carbocycles. The Morgan fingerprint density at radius 1 is 0.606 bits per heavy atom. The number of hydrogen-bond donors (Lipinski definition) is 0. The van der Waals surface area contributed by atoms with Crippen LogP contribution in [0.3, 0.4) is 0 Å². The maximum atomic E-state index is 13.8. The van der Waals surface area contributed by atoms with Crippen LogP contribution in [0.5, 0.6) is 0 Å². The first-order valence-electron chi connectivity index (χ1n) is 11.1. The summed E-state index contributed by atoms with van der Waals surface area (Å²) in [6.07, 6.45) is 2.11. The van der Waals surface area contributed by atoms with E-state index in [-0.39, 0.29) is 5.78 Å². The van der Waals surface area contributed by atoms with Gasteiger partial charge < -0.3 is 0 Å². The summed E-state index contributed by atoms with van der Waals surface area (Å²) in [4.78, 5) is 13.8. The Labute approximate surface area is 201 Å². The quantitative estimate of drug-likeness (QED) is 0.269. The molecule has 0 saturated heterocycles. The van der Waals surface area contributed by atoms with Crippen LogP contribution in [-0.2, 0) is 0 Å². The van der Waals surface area contributed by atoms with Gasteiger partial charge in [0.2, 0.25) is 0 Å². The normalized spacial score (nSPS) is 11.6. The second-order valence-electron chi connectivity index (χ2n) is 8.57. The van der Waals surface area contributed by atoms with Gasteiger partial charge in [-0.15, -0.1) is 0 Å². The monoisotopic (exact) mass is 450 g/mol. The predicted molar refractivity (Wildman–Crippen MR) is 139 cm³/mol. The third kappa shape index (κ3) is 5.50. The van der Waals surface area contributed by atoms with Gasteiger partial charge in [0, 0.05) is 10.6 Å². The third-order valence-corrected chi connectivity index (χ3v) is 6.16. The number of halogens is 1. The largest absolute Gasteiger partial charge is 0.293 e. The lowest BCUT2D eigenvalue weighted by Crippen LogP contribution is -2.12. The van der Waals surface area contributed by atoms with Gasteiger partial charge in [0.05, 0.1) is 5.92 Å². The van der Waals surface area contributed by atoms with E-state index in [2.05, 4.69) is 87.5 Å². The van der Waals surface area contributed by atoms with Gasteiger partial charge in [0.1, 0.15) is 0 Å². The average Bonchev–Trinajstić information content (AvgIpc) is 2.82. The molecule has 1 nitrogen and oxygen atoms in total. The van der Waals surface area contributed by atoms with Gasteiger partial charge in [-0.2, -0.15) is 0 Å². The Bertz CT molecular complexity index is 1220. The highest BCUT2D eigenvalue weighted by atomic mass is 35.5. The summed E-state index contributed by atoms with van der Waals surface area (Å²) in [6.45, 7) is 6.22. The molecule has 0 spiro atoms. The molecule has 0 fully saturated rings. The van der Waals surface area contributed by atoms with Crippen LogP contribution in [0.2, 0.25) is 5.02 Å². The number of hydrogen-bond acceptors (Lipinski definition) is 1. The molecule has 0 radical (unpaired) electrons. The zero-order chi connectivity index (χ0) is 23.4. The first kappa shape index (κ1) is 22.8. The molecule has 2 heteroatoms. The minimum Gasteiger partial charge on any atom is -0.293 e. The van der Waals surface area contributed by atoms with Gasteiger partial charge in [-0.05, 0) is 67.3 Å². The number of rotatable bonds is 6. The minimum atomic E-state index is -0.426. The van der Waals surface area contributed by atoms with Gasteiger partial charge in [-0.3, -0.25) is 4.79 Å². The summed E-state index contributed by atoms with van der Waals surface area (Å²) >= 11 is 6.08. The van der Waals surface area contributed by atoms with Crippen molar-refractivity contribution >= 4 is 23.0 Å². The van der Waals surface area contributed by atoms with Crippen LogP contribution in [0.25, 0.3) is 5.57 Å². The zero-order valence-corrected chi connectivity index (χ0v) is 19.9. The lowest BCUT2D eigenvalue weighted by atomic mass is 9.85. The molecule has 4 rings (SSSR count). The van der Waals surface area contributed by atoms with Crippen molar-refractivity contribution in [2.75, 3.05) is 0 Å². The number of carbonyl (C=O) groups excluding carboxylic acids is 1. The van der Waals surface area contributed by atoms with E-state index in [0.29, 0.717) is 10.6 Å². The first-order valence-corrected chi connectivity index (χ1v) is 11.5. The predicted octanol–water partition coefficient (Wildman–Crippen LogP) is 8.36. The Hall–Kier alpha value is -3.42. The second kappa shape index (κ2) is 10.0. The number of allylic oxidation sites excluding steroid dienone is 1. The Morgan fingerprint density at radius 3 is 1.45 bits per heavy atom. The van der Waals surface area contributed by atoms with Crippen LogP contribution in [0.1, 0.15) is 49.7 Å². The van der Waals surface area contributed by atoms with Crippen molar-refractivity contribution in [2.24, 2.45) is 0 Å². The summed E-state index contributed by atoms with van der Waals surface area (Å²) in [6, 6.07) is 32.3. The summed E-state index contributed by atoms with van der Waals surface area (Å²) in [7, 11) is 0. The molecule has 0 amide bonds. The Balaban J connectivity index is 1.89. The van der Waals surface area contributed by atoms with Crippen LogP contribution in [-0.4, -0.2) is 5.78 Å². The van der Waals surface area contributed by atoms with E-state index in [1.165, 1.54) is 11.1 Å². The molecule has 164 valence electrons. The van der Waals surface area contributed by atoms with Crippen LogP contribution in [0, 0.1) is 20.8 Å². The van der Waals surface area contributed by atoms with Crippen molar-refractivity contribution in [3.63, 3.8) is 0 Å². The topological polar surface area (TPSA) is 17.1 Å². The van der Waals surface area contributed by atoms with Crippen molar-refractivity contribution < 1.29 is 4.79 Å². The molecule has 0 N–H and O–H groups in total. The third-order valence-electron chi connectivity index (χ3n) is 5.91. The molecule has 0 saturated carbocycles. The molecule has 0 aliphatic carbocycles. The minimum absolute atomic E-state index is 0.0484. The van der Waals surface area contributed by atoms with Gasteiger partial charge in [0.25, 0.3) is 0 Å².